The Labute approximate surface area is 156 Å². The second-order valence-electron chi connectivity index (χ2n) is 7.78. The summed E-state index contributed by atoms with van der Waals surface area (Å²) in [6.07, 6.45) is 9.00. The lowest BCUT2D eigenvalue weighted by atomic mass is 9.93. The van der Waals surface area contributed by atoms with Gasteiger partial charge in [0.1, 0.15) is 6.33 Å². The van der Waals surface area contributed by atoms with E-state index in [1.165, 1.54) is 12.8 Å². The van der Waals surface area contributed by atoms with Gasteiger partial charge in [0.25, 0.3) is 0 Å². The number of nitriles is 1. The molecule has 2 aliphatic rings. The molecule has 0 saturated heterocycles. The summed E-state index contributed by atoms with van der Waals surface area (Å²) in [4.78, 5) is 4.55. The number of fused-ring (bicyclic) bond motifs is 1. The lowest BCUT2D eigenvalue weighted by Gasteiger charge is -2.09. The van der Waals surface area contributed by atoms with Crippen LogP contribution in [0.3, 0.4) is 0 Å². The molecule has 0 radical (unpaired) electrons. The topological polar surface area (TPSA) is 59.4 Å². The van der Waals surface area contributed by atoms with Crippen LogP contribution in [-0.4, -0.2) is 19.3 Å². The highest BCUT2D eigenvalue weighted by molar-refractivity contribution is 5.81. The van der Waals surface area contributed by atoms with Crippen molar-refractivity contribution in [3.05, 3.63) is 72.8 Å². The quantitative estimate of drug-likeness (QED) is 0.557. The number of imidazole rings is 1. The monoisotopic (exact) mass is 351 g/mol. The zero-order chi connectivity index (χ0) is 18.1. The van der Waals surface area contributed by atoms with Gasteiger partial charge in [-0.05, 0) is 48.4 Å². The Bertz CT molecular complexity index is 1220. The van der Waals surface area contributed by atoms with E-state index in [0.717, 1.165) is 34.4 Å². The molecule has 2 saturated carbocycles. The van der Waals surface area contributed by atoms with Crippen molar-refractivity contribution >= 4 is 10.9 Å². The van der Waals surface area contributed by atoms with Gasteiger partial charge < -0.3 is 4.57 Å². The summed E-state index contributed by atoms with van der Waals surface area (Å²) < 4.78 is 3.86. The molecule has 2 fully saturated rings. The number of para-hydroxylation sites is 1. The summed E-state index contributed by atoms with van der Waals surface area (Å²) >= 11 is 0. The molecule has 6 rings (SSSR count). The third-order valence-electron chi connectivity index (χ3n) is 6.33. The van der Waals surface area contributed by atoms with Gasteiger partial charge in [-0.2, -0.15) is 10.4 Å². The molecule has 27 heavy (non-hydrogen) atoms. The largest absolute Gasteiger partial charge is 0.304 e. The first-order valence-corrected chi connectivity index (χ1v) is 9.24. The van der Waals surface area contributed by atoms with Crippen LogP contribution in [0, 0.1) is 16.7 Å². The highest BCUT2D eigenvalue weighted by atomic mass is 15.3. The Balaban J connectivity index is 1.45. The molecule has 5 nitrogen and oxygen atoms in total. The van der Waals surface area contributed by atoms with E-state index in [0.29, 0.717) is 0 Å². The zero-order valence-corrected chi connectivity index (χ0v) is 14.7. The van der Waals surface area contributed by atoms with Crippen LogP contribution >= 0.6 is 0 Å². The SMILES string of the molecule is N#C[C@@]1(c2ccc3cnn(-c4cn(-c5ccccc5)cn4)c3c2)CC12CC2. The van der Waals surface area contributed by atoms with Gasteiger partial charge in [-0.1, -0.05) is 30.3 Å². The summed E-state index contributed by atoms with van der Waals surface area (Å²) in [6, 6.07) is 19.0. The minimum absolute atomic E-state index is 0.259. The number of nitrogens with zero attached hydrogens (tertiary/aromatic N) is 5. The van der Waals surface area contributed by atoms with Gasteiger partial charge in [0.2, 0.25) is 0 Å². The number of benzene rings is 2. The van der Waals surface area contributed by atoms with Crippen molar-refractivity contribution in [1.82, 2.24) is 19.3 Å². The molecule has 130 valence electrons. The van der Waals surface area contributed by atoms with Crippen LogP contribution in [0.1, 0.15) is 24.8 Å². The van der Waals surface area contributed by atoms with Crippen LogP contribution in [0.15, 0.2) is 67.3 Å². The number of aromatic nitrogens is 4. The molecule has 5 heteroatoms. The first-order valence-electron chi connectivity index (χ1n) is 9.24. The van der Waals surface area contributed by atoms with Crippen LogP contribution in [0.4, 0.5) is 0 Å². The maximum absolute atomic E-state index is 9.84. The van der Waals surface area contributed by atoms with Crippen LogP contribution in [0.5, 0.6) is 0 Å². The van der Waals surface area contributed by atoms with Crippen LogP contribution < -0.4 is 0 Å². The molecule has 0 unspecified atom stereocenters. The van der Waals surface area contributed by atoms with Gasteiger partial charge in [0, 0.05) is 11.1 Å². The van der Waals surface area contributed by atoms with E-state index in [1.54, 1.807) is 6.33 Å². The lowest BCUT2D eigenvalue weighted by molar-refractivity contribution is 0.738. The summed E-state index contributed by atoms with van der Waals surface area (Å²) in [7, 11) is 0. The van der Waals surface area contributed by atoms with E-state index in [4.69, 9.17) is 0 Å². The lowest BCUT2D eigenvalue weighted by Crippen LogP contribution is -2.07. The Kier molecular flexibility index (Phi) is 2.65. The van der Waals surface area contributed by atoms with Crippen molar-refractivity contribution in [2.45, 2.75) is 24.7 Å². The molecule has 2 heterocycles. The molecule has 2 aliphatic carbocycles. The molecule has 0 bridgehead atoms. The van der Waals surface area contributed by atoms with E-state index in [1.807, 2.05) is 52.0 Å². The van der Waals surface area contributed by atoms with Gasteiger partial charge in [0.05, 0.1) is 29.4 Å². The molecule has 1 spiro atoms. The second-order valence-corrected chi connectivity index (χ2v) is 7.78. The van der Waals surface area contributed by atoms with Gasteiger partial charge in [-0.3, -0.25) is 0 Å². The molecule has 1 atom stereocenters. The van der Waals surface area contributed by atoms with E-state index in [-0.39, 0.29) is 10.8 Å². The highest BCUT2D eigenvalue weighted by Crippen LogP contribution is 2.78. The predicted octanol–water partition coefficient (Wildman–Crippen LogP) is 4.16. The Morgan fingerprint density at radius 3 is 2.67 bits per heavy atom. The third kappa shape index (κ3) is 1.93. The van der Waals surface area contributed by atoms with Crippen LogP contribution in [0.25, 0.3) is 22.4 Å². The van der Waals surface area contributed by atoms with Gasteiger partial charge in [0.15, 0.2) is 5.82 Å². The fourth-order valence-electron chi connectivity index (χ4n) is 4.48. The summed E-state index contributed by atoms with van der Waals surface area (Å²) in [6.45, 7) is 0. The fourth-order valence-corrected chi connectivity index (χ4v) is 4.48. The maximum Gasteiger partial charge on any atom is 0.172 e. The van der Waals surface area contributed by atoms with Gasteiger partial charge in [-0.25, -0.2) is 9.67 Å². The van der Waals surface area contributed by atoms with Crippen LogP contribution in [0.2, 0.25) is 0 Å². The van der Waals surface area contributed by atoms with Crippen molar-refractivity contribution < 1.29 is 0 Å². The molecular weight excluding hydrogens is 334 g/mol. The van der Waals surface area contributed by atoms with Crippen molar-refractivity contribution in [2.24, 2.45) is 5.41 Å². The fraction of sp³-hybridized carbons (Fsp3) is 0.227. The predicted molar refractivity (Wildman–Crippen MR) is 102 cm³/mol. The number of rotatable bonds is 3. The normalized spacial score (nSPS) is 22.0. The minimum atomic E-state index is -0.292. The van der Waals surface area contributed by atoms with Gasteiger partial charge >= 0.3 is 0 Å². The second kappa shape index (κ2) is 4.86. The van der Waals surface area contributed by atoms with Crippen molar-refractivity contribution in [2.75, 3.05) is 0 Å². The van der Waals surface area contributed by atoms with E-state index >= 15 is 0 Å². The first kappa shape index (κ1) is 14.7. The average molecular weight is 351 g/mol. The Morgan fingerprint density at radius 2 is 1.93 bits per heavy atom. The van der Waals surface area contributed by atoms with Gasteiger partial charge in [-0.15, -0.1) is 0 Å². The standard InChI is InChI=1S/C22H17N5/c23-14-22(13-21(22)8-9-21)17-7-6-16-11-25-27(19(16)10-17)20-12-26(15-24-20)18-4-2-1-3-5-18/h1-7,10-12,15H,8-9,13H2/t22-/m1/s1. The molecule has 2 aromatic carbocycles. The Morgan fingerprint density at radius 1 is 1.07 bits per heavy atom. The highest BCUT2D eigenvalue weighted by Gasteiger charge is 2.75. The average Bonchev–Trinajstić information content (AvgIpc) is 3.48. The molecule has 0 N–H and O–H groups in total. The van der Waals surface area contributed by atoms with E-state index in [9.17, 15) is 5.26 Å². The third-order valence-corrected chi connectivity index (χ3v) is 6.33. The molecule has 0 aliphatic heterocycles. The summed E-state index contributed by atoms with van der Waals surface area (Å²) in [5.74, 6) is 0.772. The molecular formula is C22H17N5. The first-order chi connectivity index (χ1) is 13.2. The van der Waals surface area contributed by atoms with E-state index < -0.39 is 0 Å². The number of hydrogen-bond donors (Lipinski definition) is 0. The molecule has 4 aromatic rings. The van der Waals surface area contributed by atoms with Crippen molar-refractivity contribution in [1.29, 1.82) is 5.26 Å². The smallest absolute Gasteiger partial charge is 0.172 e. The van der Waals surface area contributed by atoms with Crippen molar-refractivity contribution in [3.63, 3.8) is 0 Å². The maximum atomic E-state index is 9.84. The Hall–Kier alpha value is -3.39. The van der Waals surface area contributed by atoms with Crippen molar-refractivity contribution in [3.8, 4) is 17.6 Å². The summed E-state index contributed by atoms with van der Waals surface area (Å²) in [5.41, 5.74) is 3.15. The van der Waals surface area contributed by atoms with E-state index in [2.05, 4.69) is 34.4 Å². The van der Waals surface area contributed by atoms with Crippen LogP contribution in [-0.2, 0) is 5.41 Å². The number of hydrogen-bond acceptors (Lipinski definition) is 3. The zero-order valence-electron chi connectivity index (χ0n) is 14.7. The summed E-state index contributed by atoms with van der Waals surface area (Å²) in [5, 5.41) is 15.4. The molecule has 2 aromatic heterocycles. The minimum Gasteiger partial charge on any atom is -0.304 e. The molecule has 0 amide bonds.